The molecule has 2 heteroatoms. The minimum absolute atomic E-state index is 0.357. The van der Waals surface area contributed by atoms with Crippen LogP contribution >= 0.6 is 0 Å². The van der Waals surface area contributed by atoms with Crippen molar-refractivity contribution in [3.8, 4) is 5.75 Å². The smallest absolute Gasteiger partial charge is 0.115 e. The SMILES string of the molecule is CC(NC1C2CC3CC(C2)CC1C3)c1ccc(O)cc1. The summed E-state index contributed by atoms with van der Waals surface area (Å²) in [5.41, 5.74) is 1.29. The molecule has 108 valence electrons. The second-order valence-electron chi connectivity index (χ2n) is 7.44. The fraction of sp³-hybridized carbons (Fsp3) is 0.667. The molecule has 4 bridgehead atoms. The molecule has 0 amide bonds. The molecule has 4 aliphatic rings. The van der Waals surface area contributed by atoms with E-state index in [1.54, 1.807) is 12.1 Å². The van der Waals surface area contributed by atoms with E-state index in [0.29, 0.717) is 11.8 Å². The second-order valence-corrected chi connectivity index (χ2v) is 7.44. The number of benzene rings is 1. The monoisotopic (exact) mass is 271 g/mol. The Hall–Kier alpha value is -1.02. The maximum Gasteiger partial charge on any atom is 0.115 e. The fourth-order valence-electron chi connectivity index (χ4n) is 5.35. The van der Waals surface area contributed by atoms with Crippen molar-refractivity contribution in [2.24, 2.45) is 23.7 Å². The molecule has 4 saturated carbocycles. The van der Waals surface area contributed by atoms with Gasteiger partial charge in [0.2, 0.25) is 0 Å². The predicted molar refractivity (Wildman–Crippen MR) is 80.5 cm³/mol. The van der Waals surface area contributed by atoms with Gasteiger partial charge >= 0.3 is 0 Å². The molecule has 1 atom stereocenters. The largest absolute Gasteiger partial charge is 0.508 e. The van der Waals surface area contributed by atoms with Crippen molar-refractivity contribution >= 4 is 0 Å². The van der Waals surface area contributed by atoms with Gasteiger partial charge in [0.15, 0.2) is 0 Å². The molecule has 1 aromatic rings. The summed E-state index contributed by atoms with van der Waals surface area (Å²) >= 11 is 0. The molecular weight excluding hydrogens is 246 g/mol. The third kappa shape index (κ3) is 2.14. The molecule has 2 nitrogen and oxygen atoms in total. The lowest BCUT2D eigenvalue weighted by Crippen LogP contribution is -2.54. The molecule has 4 aliphatic carbocycles. The molecule has 20 heavy (non-hydrogen) atoms. The Kier molecular flexibility index (Phi) is 3.03. The summed E-state index contributed by atoms with van der Waals surface area (Å²) in [6, 6.07) is 8.80. The lowest BCUT2D eigenvalue weighted by molar-refractivity contribution is -0.0171. The van der Waals surface area contributed by atoms with Gasteiger partial charge in [-0.05, 0) is 80.4 Å². The highest BCUT2D eigenvalue weighted by atomic mass is 16.3. The highest BCUT2D eigenvalue weighted by Crippen LogP contribution is 2.54. The quantitative estimate of drug-likeness (QED) is 0.874. The second kappa shape index (κ2) is 4.77. The van der Waals surface area contributed by atoms with Crippen molar-refractivity contribution in [2.45, 2.75) is 51.1 Å². The van der Waals surface area contributed by atoms with Gasteiger partial charge in [-0.1, -0.05) is 12.1 Å². The Morgan fingerprint density at radius 3 is 2.05 bits per heavy atom. The lowest BCUT2D eigenvalue weighted by Gasteiger charge is -2.55. The molecule has 1 unspecified atom stereocenters. The van der Waals surface area contributed by atoms with Crippen molar-refractivity contribution in [3.63, 3.8) is 0 Å². The Bertz CT molecular complexity index is 453. The molecule has 2 N–H and O–H groups in total. The van der Waals surface area contributed by atoms with Crippen LogP contribution in [-0.2, 0) is 0 Å². The van der Waals surface area contributed by atoms with Gasteiger partial charge in [-0.15, -0.1) is 0 Å². The molecule has 4 fully saturated rings. The van der Waals surface area contributed by atoms with Gasteiger partial charge in [0, 0.05) is 12.1 Å². The molecular formula is C18H25NO. The van der Waals surface area contributed by atoms with Crippen LogP contribution in [0.15, 0.2) is 24.3 Å². The zero-order valence-corrected chi connectivity index (χ0v) is 12.3. The van der Waals surface area contributed by atoms with E-state index in [4.69, 9.17) is 0 Å². The van der Waals surface area contributed by atoms with Gasteiger partial charge in [-0.25, -0.2) is 0 Å². The number of phenolic OH excluding ortho intramolecular Hbond substituents is 1. The van der Waals surface area contributed by atoms with Crippen LogP contribution in [0, 0.1) is 23.7 Å². The summed E-state index contributed by atoms with van der Waals surface area (Å²) in [5, 5.41) is 13.3. The van der Waals surface area contributed by atoms with E-state index >= 15 is 0 Å². The third-order valence-corrected chi connectivity index (χ3v) is 6.06. The summed E-state index contributed by atoms with van der Waals surface area (Å²) in [5.74, 6) is 4.28. The van der Waals surface area contributed by atoms with Crippen LogP contribution < -0.4 is 5.32 Å². The van der Waals surface area contributed by atoms with E-state index in [-0.39, 0.29) is 0 Å². The molecule has 1 aromatic carbocycles. The van der Waals surface area contributed by atoms with E-state index in [1.165, 1.54) is 37.7 Å². The zero-order valence-electron chi connectivity index (χ0n) is 12.3. The minimum atomic E-state index is 0.357. The standard InChI is InChI=1S/C18H25NO/c1-11(14-2-4-17(20)5-3-14)19-18-15-7-12-6-13(9-15)10-16(18)8-12/h2-5,11-13,15-16,18-20H,6-10H2,1H3. The predicted octanol–water partition coefficient (Wildman–Crippen LogP) is 3.87. The Morgan fingerprint density at radius 1 is 0.950 bits per heavy atom. The molecule has 0 aliphatic heterocycles. The Labute approximate surface area is 121 Å². The first-order valence-corrected chi connectivity index (χ1v) is 8.24. The average Bonchev–Trinajstić information content (AvgIpc) is 2.42. The van der Waals surface area contributed by atoms with Crippen LogP contribution in [0.4, 0.5) is 0 Å². The average molecular weight is 271 g/mol. The first-order valence-electron chi connectivity index (χ1n) is 8.24. The van der Waals surface area contributed by atoms with Crippen LogP contribution in [-0.4, -0.2) is 11.1 Å². The lowest BCUT2D eigenvalue weighted by atomic mass is 9.54. The van der Waals surface area contributed by atoms with Gasteiger partial charge in [-0.3, -0.25) is 0 Å². The maximum atomic E-state index is 9.40. The number of hydrogen-bond acceptors (Lipinski definition) is 2. The van der Waals surface area contributed by atoms with Crippen LogP contribution in [0.25, 0.3) is 0 Å². The van der Waals surface area contributed by atoms with Gasteiger partial charge in [-0.2, -0.15) is 0 Å². The Balaban J connectivity index is 1.47. The topological polar surface area (TPSA) is 32.3 Å². The molecule has 0 spiro atoms. The first kappa shape index (κ1) is 12.7. The van der Waals surface area contributed by atoms with Crippen LogP contribution in [0.3, 0.4) is 0 Å². The normalized spacial score (nSPS) is 40.0. The summed E-state index contributed by atoms with van der Waals surface area (Å²) < 4.78 is 0. The van der Waals surface area contributed by atoms with Crippen molar-refractivity contribution in [3.05, 3.63) is 29.8 Å². The van der Waals surface area contributed by atoms with Crippen LogP contribution in [0.1, 0.15) is 50.6 Å². The van der Waals surface area contributed by atoms with E-state index in [2.05, 4.69) is 12.2 Å². The fourth-order valence-corrected chi connectivity index (χ4v) is 5.35. The van der Waals surface area contributed by atoms with Gasteiger partial charge in [0.05, 0.1) is 0 Å². The van der Waals surface area contributed by atoms with E-state index in [0.717, 1.165) is 29.7 Å². The van der Waals surface area contributed by atoms with Crippen LogP contribution in [0.5, 0.6) is 5.75 Å². The van der Waals surface area contributed by atoms with Crippen LogP contribution in [0.2, 0.25) is 0 Å². The van der Waals surface area contributed by atoms with Crippen molar-refractivity contribution in [2.75, 3.05) is 0 Å². The summed E-state index contributed by atoms with van der Waals surface area (Å²) in [7, 11) is 0. The molecule has 5 rings (SSSR count). The third-order valence-electron chi connectivity index (χ3n) is 6.06. The van der Waals surface area contributed by atoms with E-state index in [9.17, 15) is 5.11 Å². The first-order chi connectivity index (χ1) is 9.69. The van der Waals surface area contributed by atoms with E-state index < -0.39 is 0 Å². The Morgan fingerprint density at radius 2 is 1.50 bits per heavy atom. The maximum absolute atomic E-state index is 9.40. The highest BCUT2D eigenvalue weighted by Gasteiger charge is 2.48. The number of aromatic hydroxyl groups is 1. The highest BCUT2D eigenvalue weighted by molar-refractivity contribution is 5.27. The van der Waals surface area contributed by atoms with E-state index in [1.807, 2.05) is 12.1 Å². The summed E-state index contributed by atoms with van der Waals surface area (Å²) in [6.45, 7) is 2.26. The van der Waals surface area contributed by atoms with Gasteiger partial charge in [0.1, 0.15) is 5.75 Å². The van der Waals surface area contributed by atoms with Gasteiger partial charge in [0.25, 0.3) is 0 Å². The zero-order chi connectivity index (χ0) is 13.7. The van der Waals surface area contributed by atoms with Crippen molar-refractivity contribution in [1.29, 1.82) is 0 Å². The molecule has 0 saturated heterocycles. The molecule has 0 aromatic heterocycles. The van der Waals surface area contributed by atoms with Gasteiger partial charge < -0.3 is 10.4 Å². The number of nitrogens with one attached hydrogen (secondary N) is 1. The number of rotatable bonds is 3. The summed E-state index contributed by atoms with van der Waals surface area (Å²) in [4.78, 5) is 0. The number of hydrogen-bond donors (Lipinski definition) is 2. The van der Waals surface area contributed by atoms with Crippen molar-refractivity contribution < 1.29 is 5.11 Å². The molecule has 0 heterocycles. The molecule has 0 radical (unpaired) electrons. The number of phenols is 1. The van der Waals surface area contributed by atoms with Crippen molar-refractivity contribution in [1.82, 2.24) is 5.32 Å². The minimum Gasteiger partial charge on any atom is -0.508 e. The summed E-state index contributed by atoms with van der Waals surface area (Å²) in [6.07, 6.45) is 7.38.